The highest BCUT2D eigenvalue weighted by Crippen LogP contribution is 2.51. The van der Waals surface area contributed by atoms with Gasteiger partial charge in [-0.05, 0) is 30.6 Å². The van der Waals surface area contributed by atoms with E-state index in [1.807, 2.05) is 12.2 Å². The Labute approximate surface area is 106 Å². The van der Waals surface area contributed by atoms with Gasteiger partial charge >= 0.3 is 0 Å². The molecule has 3 atom stereocenters. The molecule has 0 saturated carbocycles. The number of rotatable bonds is 6. The molecule has 1 aliphatic rings. The molecule has 1 aliphatic carbocycles. The summed E-state index contributed by atoms with van der Waals surface area (Å²) in [6.07, 6.45) is 8.62. The van der Waals surface area contributed by atoms with Crippen molar-refractivity contribution < 1.29 is 5.11 Å². The SMILES string of the molecule is C=CCCC1=C[C@H](O)C(C(C)C)[C@@]1(C)CC=C. The highest BCUT2D eigenvalue weighted by molar-refractivity contribution is 5.27. The molecule has 0 aliphatic heterocycles. The van der Waals surface area contributed by atoms with E-state index in [9.17, 15) is 5.11 Å². The molecule has 0 amide bonds. The summed E-state index contributed by atoms with van der Waals surface area (Å²) >= 11 is 0. The molecule has 0 fully saturated rings. The Bertz CT molecular complexity index is 313. The van der Waals surface area contributed by atoms with Gasteiger partial charge in [0.1, 0.15) is 0 Å². The Morgan fingerprint density at radius 1 is 1.41 bits per heavy atom. The lowest BCUT2D eigenvalue weighted by molar-refractivity contribution is 0.0655. The van der Waals surface area contributed by atoms with E-state index in [0.717, 1.165) is 19.3 Å². The zero-order valence-electron chi connectivity index (χ0n) is 11.4. The average molecular weight is 234 g/mol. The highest BCUT2D eigenvalue weighted by Gasteiger charge is 2.45. The topological polar surface area (TPSA) is 20.2 Å². The predicted octanol–water partition coefficient (Wildman–Crippen LogP) is 4.11. The van der Waals surface area contributed by atoms with Crippen LogP contribution >= 0.6 is 0 Å². The molecule has 0 aromatic heterocycles. The summed E-state index contributed by atoms with van der Waals surface area (Å²) in [5.41, 5.74) is 1.45. The molecule has 96 valence electrons. The molecule has 1 N–H and O–H groups in total. The van der Waals surface area contributed by atoms with Crippen LogP contribution in [0.2, 0.25) is 0 Å². The quantitative estimate of drug-likeness (QED) is 0.686. The molecule has 0 aromatic carbocycles. The fraction of sp³-hybridized carbons (Fsp3) is 0.625. The summed E-state index contributed by atoms with van der Waals surface area (Å²) < 4.78 is 0. The zero-order chi connectivity index (χ0) is 13.1. The van der Waals surface area contributed by atoms with Crippen LogP contribution in [0.4, 0.5) is 0 Å². The normalized spacial score (nSPS) is 32.6. The minimum absolute atomic E-state index is 0.0678. The summed E-state index contributed by atoms with van der Waals surface area (Å²) in [7, 11) is 0. The van der Waals surface area contributed by atoms with Gasteiger partial charge in [-0.25, -0.2) is 0 Å². The van der Waals surface area contributed by atoms with Gasteiger partial charge < -0.3 is 5.11 Å². The first-order valence-corrected chi connectivity index (χ1v) is 6.58. The third kappa shape index (κ3) is 2.71. The van der Waals surface area contributed by atoms with Crippen molar-refractivity contribution in [3.63, 3.8) is 0 Å². The van der Waals surface area contributed by atoms with Crippen molar-refractivity contribution in [3.05, 3.63) is 37.0 Å². The molecule has 0 spiro atoms. The number of hydrogen-bond donors (Lipinski definition) is 1. The maximum atomic E-state index is 10.3. The van der Waals surface area contributed by atoms with Gasteiger partial charge in [0.25, 0.3) is 0 Å². The smallest absolute Gasteiger partial charge is 0.0762 e. The third-order valence-electron chi connectivity index (χ3n) is 4.11. The molecule has 1 heteroatoms. The molecule has 1 nitrogen and oxygen atoms in total. The lowest BCUT2D eigenvalue weighted by Crippen LogP contribution is -2.34. The van der Waals surface area contributed by atoms with Crippen molar-refractivity contribution in [2.24, 2.45) is 17.3 Å². The largest absolute Gasteiger partial charge is 0.389 e. The molecule has 17 heavy (non-hydrogen) atoms. The van der Waals surface area contributed by atoms with Gasteiger partial charge in [-0.15, -0.1) is 13.2 Å². The third-order valence-corrected chi connectivity index (χ3v) is 4.11. The second-order valence-corrected chi connectivity index (χ2v) is 5.69. The summed E-state index contributed by atoms with van der Waals surface area (Å²) in [4.78, 5) is 0. The monoisotopic (exact) mass is 234 g/mol. The average Bonchev–Trinajstić information content (AvgIpc) is 2.47. The second kappa shape index (κ2) is 5.68. The second-order valence-electron chi connectivity index (χ2n) is 5.69. The zero-order valence-corrected chi connectivity index (χ0v) is 11.4. The number of allylic oxidation sites excluding steroid dienone is 3. The molecular weight excluding hydrogens is 208 g/mol. The molecule has 0 bridgehead atoms. The van der Waals surface area contributed by atoms with Crippen molar-refractivity contribution in [1.29, 1.82) is 0 Å². The molecule has 0 radical (unpaired) electrons. The minimum atomic E-state index is -0.306. The van der Waals surface area contributed by atoms with E-state index in [-0.39, 0.29) is 11.5 Å². The van der Waals surface area contributed by atoms with E-state index in [4.69, 9.17) is 0 Å². The fourth-order valence-electron chi connectivity index (χ4n) is 3.41. The van der Waals surface area contributed by atoms with Crippen molar-refractivity contribution in [3.8, 4) is 0 Å². The number of aliphatic hydroxyl groups is 1. The number of aliphatic hydroxyl groups excluding tert-OH is 1. The Kier molecular flexibility index (Phi) is 4.76. The van der Waals surface area contributed by atoms with Gasteiger partial charge in [-0.3, -0.25) is 0 Å². The lowest BCUT2D eigenvalue weighted by Gasteiger charge is -2.38. The first-order valence-electron chi connectivity index (χ1n) is 6.58. The Morgan fingerprint density at radius 3 is 2.53 bits per heavy atom. The first-order chi connectivity index (χ1) is 7.97. The highest BCUT2D eigenvalue weighted by atomic mass is 16.3. The maximum absolute atomic E-state index is 10.3. The van der Waals surface area contributed by atoms with E-state index >= 15 is 0 Å². The van der Waals surface area contributed by atoms with E-state index in [0.29, 0.717) is 11.8 Å². The fourth-order valence-corrected chi connectivity index (χ4v) is 3.41. The van der Waals surface area contributed by atoms with Crippen LogP contribution in [0.5, 0.6) is 0 Å². The van der Waals surface area contributed by atoms with Crippen LogP contribution in [0.15, 0.2) is 37.0 Å². The summed E-state index contributed by atoms with van der Waals surface area (Å²) in [6, 6.07) is 0. The van der Waals surface area contributed by atoms with E-state index in [1.165, 1.54) is 5.57 Å². The van der Waals surface area contributed by atoms with Gasteiger partial charge in [-0.1, -0.05) is 44.6 Å². The van der Waals surface area contributed by atoms with Crippen LogP contribution < -0.4 is 0 Å². The molecular formula is C16H26O. The Hall–Kier alpha value is -0.820. The van der Waals surface area contributed by atoms with Gasteiger partial charge in [0.2, 0.25) is 0 Å². The first kappa shape index (κ1) is 14.2. The van der Waals surface area contributed by atoms with Gasteiger partial charge in [0, 0.05) is 5.92 Å². The van der Waals surface area contributed by atoms with Gasteiger partial charge in [0.05, 0.1) is 6.10 Å². The summed E-state index contributed by atoms with van der Waals surface area (Å²) in [6.45, 7) is 14.3. The summed E-state index contributed by atoms with van der Waals surface area (Å²) in [5.74, 6) is 0.785. The van der Waals surface area contributed by atoms with E-state index in [2.05, 4.69) is 40.0 Å². The van der Waals surface area contributed by atoms with Crippen molar-refractivity contribution >= 4 is 0 Å². The Balaban J connectivity index is 2.99. The maximum Gasteiger partial charge on any atom is 0.0762 e. The molecule has 0 aromatic rings. The molecule has 0 saturated heterocycles. The van der Waals surface area contributed by atoms with E-state index in [1.54, 1.807) is 0 Å². The van der Waals surface area contributed by atoms with E-state index < -0.39 is 0 Å². The lowest BCUT2D eigenvalue weighted by atomic mass is 9.67. The minimum Gasteiger partial charge on any atom is -0.389 e. The van der Waals surface area contributed by atoms with Crippen LogP contribution in [0.25, 0.3) is 0 Å². The van der Waals surface area contributed by atoms with Crippen LogP contribution in [0, 0.1) is 17.3 Å². The van der Waals surface area contributed by atoms with Crippen molar-refractivity contribution in [1.82, 2.24) is 0 Å². The standard InChI is InChI=1S/C16H26O/c1-6-8-9-13-11-14(17)15(12(3)4)16(13,5)10-7-2/h6-7,11-12,14-15,17H,1-2,8-10H2,3-5H3/t14-,15?,16-/m0/s1. The summed E-state index contributed by atoms with van der Waals surface area (Å²) in [5, 5.41) is 10.3. The van der Waals surface area contributed by atoms with Crippen molar-refractivity contribution in [2.45, 2.75) is 46.1 Å². The number of hydrogen-bond acceptors (Lipinski definition) is 1. The Morgan fingerprint density at radius 2 is 2.06 bits per heavy atom. The van der Waals surface area contributed by atoms with Gasteiger partial charge in [-0.2, -0.15) is 0 Å². The van der Waals surface area contributed by atoms with Crippen molar-refractivity contribution in [2.75, 3.05) is 0 Å². The van der Waals surface area contributed by atoms with Gasteiger partial charge in [0.15, 0.2) is 0 Å². The molecule has 1 unspecified atom stereocenters. The van der Waals surface area contributed by atoms with Crippen LogP contribution in [-0.4, -0.2) is 11.2 Å². The molecule has 0 heterocycles. The molecule has 1 rings (SSSR count). The predicted molar refractivity (Wildman–Crippen MR) is 74.8 cm³/mol. The van der Waals surface area contributed by atoms with Crippen LogP contribution in [0.1, 0.15) is 40.0 Å². The van der Waals surface area contributed by atoms with Crippen LogP contribution in [-0.2, 0) is 0 Å². The van der Waals surface area contributed by atoms with Crippen LogP contribution in [0.3, 0.4) is 0 Å².